The van der Waals surface area contributed by atoms with Crippen LogP contribution in [-0.2, 0) is 0 Å². The van der Waals surface area contributed by atoms with Gasteiger partial charge in [-0.05, 0) is 36.4 Å². The highest BCUT2D eigenvalue weighted by Crippen LogP contribution is 2.17. The summed E-state index contributed by atoms with van der Waals surface area (Å²) < 4.78 is 8.41. The van der Waals surface area contributed by atoms with Crippen LogP contribution in [0.3, 0.4) is 0 Å². The molecule has 0 radical (unpaired) electrons. The second-order valence-electron chi connectivity index (χ2n) is 4.96. The molecule has 0 saturated heterocycles. The second kappa shape index (κ2) is 5.57. The minimum absolute atomic E-state index is 0.0516. The van der Waals surface area contributed by atoms with Crippen LogP contribution in [0, 0.1) is 7.14 Å². The Bertz CT molecular complexity index is 1020. The van der Waals surface area contributed by atoms with E-state index in [1.807, 2.05) is 42.5 Å². The first-order valence-electron chi connectivity index (χ1n) is 6.97. The molecule has 1 aromatic heterocycles. The van der Waals surface area contributed by atoms with E-state index in [1.165, 1.54) is 7.14 Å². The zero-order valence-electron chi connectivity index (χ0n) is 11.6. The van der Waals surface area contributed by atoms with Crippen molar-refractivity contribution in [2.24, 2.45) is 0 Å². The lowest BCUT2D eigenvalue weighted by Crippen LogP contribution is -3.61. The first-order chi connectivity index (χ1) is 10.8. The molecule has 0 aliphatic carbocycles. The molecule has 2 nitrogen and oxygen atoms in total. The van der Waals surface area contributed by atoms with Gasteiger partial charge >= 0.3 is 21.2 Å². The maximum absolute atomic E-state index is 12.6. The van der Waals surface area contributed by atoms with Crippen LogP contribution in [0.15, 0.2) is 82.0 Å². The molecular formula is C19H12IO2+. The fourth-order valence-corrected chi connectivity index (χ4v) is 4.76. The van der Waals surface area contributed by atoms with Crippen LogP contribution >= 0.6 is 0 Å². The molecule has 0 fully saturated rings. The Kier molecular flexibility index (Phi) is 3.42. The van der Waals surface area contributed by atoms with Gasteiger partial charge in [0.1, 0.15) is 11.2 Å². The minimum Gasteiger partial charge on any atom is -0.456 e. The lowest BCUT2D eigenvalue weighted by molar-refractivity contribution is -0.597. The summed E-state index contributed by atoms with van der Waals surface area (Å²) in [6.45, 7) is 0. The van der Waals surface area contributed by atoms with E-state index in [9.17, 15) is 4.79 Å². The van der Waals surface area contributed by atoms with Gasteiger partial charge in [0, 0.05) is 6.07 Å². The molecule has 0 N–H and O–H groups in total. The molecule has 0 aliphatic heterocycles. The number of fused-ring (bicyclic) bond motifs is 2. The number of benzene rings is 3. The predicted molar refractivity (Wildman–Crippen MR) is 83.8 cm³/mol. The van der Waals surface area contributed by atoms with Crippen molar-refractivity contribution in [1.82, 2.24) is 0 Å². The van der Waals surface area contributed by atoms with Gasteiger partial charge in [-0.3, -0.25) is 4.79 Å². The molecule has 0 amide bonds. The topological polar surface area (TPSA) is 30.2 Å². The molecule has 0 unspecified atom stereocenters. The summed E-state index contributed by atoms with van der Waals surface area (Å²) in [5, 5.41) is 1.32. The van der Waals surface area contributed by atoms with Gasteiger partial charge in [-0.2, -0.15) is 0 Å². The maximum Gasteiger partial charge on any atom is 0.357 e. The number of rotatable bonds is 2. The van der Waals surface area contributed by atoms with Gasteiger partial charge in [-0.25, -0.2) is 0 Å². The molecule has 3 heteroatoms. The van der Waals surface area contributed by atoms with Gasteiger partial charge < -0.3 is 4.42 Å². The van der Waals surface area contributed by atoms with Crippen LogP contribution in [0.4, 0.5) is 0 Å². The minimum atomic E-state index is -0.284. The highest BCUT2D eigenvalue weighted by Gasteiger charge is 2.17. The summed E-state index contributed by atoms with van der Waals surface area (Å²) in [5.41, 5.74) is 1.35. The zero-order valence-corrected chi connectivity index (χ0v) is 13.8. The van der Waals surface area contributed by atoms with Gasteiger partial charge in [0.05, 0.1) is 10.8 Å². The third-order valence-corrected chi connectivity index (χ3v) is 6.12. The Hall–Kier alpha value is -2.14. The summed E-state index contributed by atoms with van der Waals surface area (Å²) in [6, 6.07) is 23.8. The van der Waals surface area contributed by atoms with Crippen molar-refractivity contribution in [1.29, 1.82) is 0 Å². The van der Waals surface area contributed by atoms with Crippen molar-refractivity contribution < 1.29 is 25.6 Å². The van der Waals surface area contributed by atoms with E-state index in [0.29, 0.717) is 21.9 Å². The lowest BCUT2D eigenvalue weighted by atomic mass is 10.1. The average Bonchev–Trinajstić information content (AvgIpc) is 2.57. The van der Waals surface area contributed by atoms with E-state index in [4.69, 9.17) is 4.42 Å². The van der Waals surface area contributed by atoms with E-state index < -0.39 is 0 Å². The smallest absolute Gasteiger partial charge is 0.357 e. The highest BCUT2D eigenvalue weighted by molar-refractivity contribution is 5.89. The zero-order chi connectivity index (χ0) is 14.9. The molecule has 106 valence electrons. The van der Waals surface area contributed by atoms with Crippen molar-refractivity contribution >= 4 is 21.9 Å². The van der Waals surface area contributed by atoms with Crippen LogP contribution in [0.25, 0.3) is 21.9 Å². The van der Waals surface area contributed by atoms with Crippen molar-refractivity contribution in [3.8, 4) is 0 Å². The van der Waals surface area contributed by atoms with Crippen LogP contribution in [0.1, 0.15) is 0 Å². The summed E-state index contributed by atoms with van der Waals surface area (Å²) in [6.07, 6.45) is 0. The summed E-state index contributed by atoms with van der Waals surface area (Å²) >= 11 is -0.284. The Balaban J connectivity index is 1.88. The SMILES string of the molecule is O=c1c2ccccc2oc2ccc([I+]c3ccccc3)cc12. The van der Waals surface area contributed by atoms with Crippen molar-refractivity contribution in [2.75, 3.05) is 0 Å². The van der Waals surface area contributed by atoms with Crippen LogP contribution < -0.4 is 26.6 Å². The molecule has 0 saturated carbocycles. The third kappa shape index (κ3) is 2.41. The maximum atomic E-state index is 12.6. The van der Waals surface area contributed by atoms with E-state index in [1.54, 1.807) is 0 Å². The Morgan fingerprint density at radius 3 is 2.27 bits per heavy atom. The normalized spacial score (nSPS) is 11.1. The Labute approximate surface area is 137 Å². The first-order valence-corrected chi connectivity index (χ1v) is 9.12. The molecule has 0 bridgehead atoms. The molecular weight excluding hydrogens is 387 g/mol. The highest BCUT2D eigenvalue weighted by atomic mass is 127. The number of hydrogen-bond acceptors (Lipinski definition) is 2. The molecule has 3 aromatic carbocycles. The predicted octanol–water partition coefficient (Wildman–Crippen LogP) is 1.07. The van der Waals surface area contributed by atoms with E-state index >= 15 is 0 Å². The van der Waals surface area contributed by atoms with Crippen LogP contribution in [0.5, 0.6) is 0 Å². The Morgan fingerprint density at radius 1 is 0.682 bits per heavy atom. The summed E-state index contributed by atoms with van der Waals surface area (Å²) in [5.74, 6) is 0. The Morgan fingerprint density at radius 2 is 1.41 bits per heavy atom. The van der Waals surface area contributed by atoms with E-state index in [2.05, 4.69) is 30.3 Å². The molecule has 4 rings (SSSR count). The van der Waals surface area contributed by atoms with Crippen LogP contribution in [0.2, 0.25) is 0 Å². The van der Waals surface area contributed by atoms with Gasteiger partial charge in [-0.1, -0.05) is 30.3 Å². The fourth-order valence-electron chi connectivity index (χ4n) is 2.44. The van der Waals surface area contributed by atoms with E-state index in [-0.39, 0.29) is 26.6 Å². The molecule has 0 aliphatic rings. The quantitative estimate of drug-likeness (QED) is 0.373. The summed E-state index contributed by atoms with van der Waals surface area (Å²) in [4.78, 5) is 12.6. The molecule has 4 aromatic rings. The van der Waals surface area contributed by atoms with Gasteiger partial charge in [-0.15, -0.1) is 0 Å². The largest absolute Gasteiger partial charge is 0.456 e. The second-order valence-corrected chi connectivity index (χ2v) is 7.99. The monoisotopic (exact) mass is 399 g/mol. The van der Waals surface area contributed by atoms with Crippen LogP contribution in [-0.4, -0.2) is 0 Å². The lowest BCUT2D eigenvalue weighted by Gasteiger charge is -2.00. The number of hydrogen-bond donors (Lipinski definition) is 0. The summed E-state index contributed by atoms with van der Waals surface area (Å²) in [7, 11) is 0. The van der Waals surface area contributed by atoms with Crippen molar-refractivity contribution in [2.45, 2.75) is 0 Å². The van der Waals surface area contributed by atoms with Crippen molar-refractivity contribution in [3.63, 3.8) is 0 Å². The molecule has 0 spiro atoms. The number of halogens is 1. The van der Waals surface area contributed by atoms with Gasteiger partial charge in [0.25, 0.3) is 0 Å². The number of para-hydroxylation sites is 1. The van der Waals surface area contributed by atoms with Crippen molar-refractivity contribution in [3.05, 3.63) is 90.2 Å². The molecule has 0 atom stereocenters. The van der Waals surface area contributed by atoms with E-state index in [0.717, 1.165) is 0 Å². The molecule has 1 heterocycles. The molecule has 22 heavy (non-hydrogen) atoms. The van der Waals surface area contributed by atoms with Gasteiger partial charge in [0.2, 0.25) is 5.43 Å². The third-order valence-electron chi connectivity index (χ3n) is 3.49. The fraction of sp³-hybridized carbons (Fsp3) is 0. The first kappa shape index (κ1) is 13.5. The van der Waals surface area contributed by atoms with Gasteiger partial charge in [0.15, 0.2) is 7.14 Å². The standard InChI is InChI=1S/C19H12IO2/c21-19-15-8-4-5-9-17(15)22-18-11-10-14(12-16(18)19)20-13-6-2-1-3-7-13/h1-12H/q+1. The average molecular weight is 399 g/mol.